The molecule has 0 unspecified atom stereocenters. The SMILES string of the molecule is COc1cncc(-c2scc(COc3cccc(CCC(=O)O)c3)c2C2=CCCC2(C)C)c1. The van der Waals surface area contributed by atoms with Gasteiger partial charge in [0.2, 0.25) is 0 Å². The molecule has 0 radical (unpaired) electrons. The monoisotopic (exact) mass is 463 g/mol. The summed E-state index contributed by atoms with van der Waals surface area (Å²) >= 11 is 1.70. The summed E-state index contributed by atoms with van der Waals surface area (Å²) in [5, 5.41) is 11.1. The van der Waals surface area contributed by atoms with E-state index < -0.39 is 5.97 Å². The number of thiophene rings is 1. The maximum atomic E-state index is 10.9. The molecule has 0 atom stereocenters. The summed E-state index contributed by atoms with van der Waals surface area (Å²) < 4.78 is 11.6. The molecule has 1 aliphatic rings. The van der Waals surface area contributed by atoms with Crippen molar-refractivity contribution < 1.29 is 19.4 Å². The summed E-state index contributed by atoms with van der Waals surface area (Å²) in [5.41, 5.74) is 5.83. The molecule has 2 aromatic heterocycles. The van der Waals surface area contributed by atoms with E-state index in [0.717, 1.165) is 41.0 Å². The first-order valence-electron chi connectivity index (χ1n) is 11.1. The highest BCUT2D eigenvalue weighted by atomic mass is 32.1. The fourth-order valence-electron chi connectivity index (χ4n) is 4.29. The third kappa shape index (κ3) is 5.28. The van der Waals surface area contributed by atoms with Gasteiger partial charge in [-0.1, -0.05) is 32.1 Å². The molecule has 1 aromatic carbocycles. The molecule has 33 heavy (non-hydrogen) atoms. The van der Waals surface area contributed by atoms with E-state index in [4.69, 9.17) is 14.6 Å². The van der Waals surface area contributed by atoms with E-state index in [1.165, 1.54) is 16.0 Å². The van der Waals surface area contributed by atoms with E-state index in [1.807, 2.05) is 36.5 Å². The van der Waals surface area contributed by atoms with Gasteiger partial charge in [0, 0.05) is 34.2 Å². The summed E-state index contributed by atoms with van der Waals surface area (Å²) in [6, 6.07) is 9.73. The molecule has 5 nitrogen and oxygen atoms in total. The van der Waals surface area contributed by atoms with Crippen molar-refractivity contribution >= 4 is 22.9 Å². The van der Waals surface area contributed by atoms with Gasteiger partial charge in [-0.2, -0.15) is 0 Å². The highest BCUT2D eigenvalue weighted by molar-refractivity contribution is 7.14. The highest BCUT2D eigenvalue weighted by Crippen LogP contribution is 2.50. The quantitative estimate of drug-likeness (QED) is 0.386. The van der Waals surface area contributed by atoms with E-state index in [9.17, 15) is 4.79 Å². The number of allylic oxidation sites excluding steroid dienone is 2. The van der Waals surface area contributed by atoms with Crippen LogP contribution < -0.4 is 9.47 Å². The van der Waals surface area contributed by atoms with Gasteiger partial charge in [-0.05, 0) is 59.4 Å². The summed E-state index contributed by atoms with van der Waals surface area (Å²) in [7, 11) is 1.66. The van der Waals surface area contributed by atoms with Crippen LogP contribution >= 0.6 is 11.3 Å². The molecule has 0 fully saturated rings. The Hall–Kier alpha value is -3.12. The number of aromatic nitrogens is 1. The second-order valence-electron chi connectivity index (χ2n) is 8.95. The molecule has 0 saturated carbocycles. The average Bonchev–Trinajstić information content (AvgIpc) is 3.38. The smallest absolute Gasteiger partial charge is 0.303 e. The van der Waals surface area contributed by atoms with Gasteiger partial charge in [-0.15, -0.1) is 11.3 Å². The van der Waals surface area contributed by atoms with Crippen LogP contribution in [0.3, 0.4) is 0 Å². The lowest BCUT2D eigenvalue weighted by Crippen LogP contribution is -2.11. The molecule has 2 heterocycles. The first kappa shape index (κ1) is 23.1. The van der Waals surface area contributed by atoms with Gasteiger partial charge in [0.1, 0.15) is 18.1 Å². The number of hydrogen-bond acceptors (Lipinski definition) is 5. The Morgan fingerprint density at radius 2 is 2.06 bits per heavy atom. The standard InChI is InChI=1S/C27H29NO4S/c1-27(2)11-5-8-23(27)25-20(17-33-26(25)19-13-22(31-3)15-28-14-19)16-32-21-7-4-6-18(12-21)9-10-24(29)30/h4,6-8,12-15,17H,5,9-11,16H2,1-3H3,(H,29,30). The van der Waals surface area contributed by atoms with Crippen molar-refractivity contribution in [2.24, 2.45) is 5.41 Å². The fourth-order valence-corrected chi connectivity index (χ4v) is 5.35. The molecule has 0 spiro atoms. The van der Waals surface area contributed by atoms with E-state index >= 15 is 0 Å². The van der Waals surface area contributed by atoms with Crippen LogP contribution in [-0.4, -0.2) is 23.2 Å². The third-order valence-electron chi connectivity index (χ3n) is 6.11. The van der Waals surface area contributed by atoms with Crippen molar-refractivity contribution in [2.75, 3.05) is 7.11 Å². The summed E-state index contributed by atoms with van der Waals surface area (Å²) in [5.74, 6) is 0.693. The van der Waals surface area contributed by atoms with Crippen LogP contribution in [0, 0.1) is 5.41 Å². The van der Waals surface area contributed by atoms with Gasteiger partial charge < -0.3 is 14.6 Å². The predicted octanol–water partition coefficient (Wildman–Crippen LogP) is 6.62. The van der Waals surface area contributed by atoms with Gasteiger partial charge in [-0.25, -0.2) is 0 Å². The molecule has 6 heteroatoms. The Balaban J connectivity index is 1.64. The Labute approximate surface area is 198 Å². The second-order valence-corrected chi connectivity index (χ2v) is 9.83. The minimum absolute atomic E-state index is 0.0909. The Bertz CT molecular complexity index is 1180. The van der Waals surface area contributed by atoms with Crippen molar-refractivity contribution in [3.63, 3.8) is 0 Å². The number of aliphatic carboxylic acids is 1. The molecule has 172 valence electrons. The lowest BCUT2D eigenvalue weighted by molar-refractivity contribution is -0.136. The van der Waals surface area contributed by atoms with Crippen molar-refractivity contribution in [1.82, 2.24) is 4.98 Å². The number of ether oxygens (including phenoxy) is 2. The van der Waals surface area contributed by atoms with E-state index in [2.05, 4.69) is 30.3 Å². The van der Waals surface area contributed by atoms with Crippen molar-refractivity contribution in [2.45, 2.75) is 46.1 Å². The number of carboxylic acid groups (broad SMARTS) is 1. The maximum Gasteiger partial charge on any atom is 0.303 e. The van der Waals surface area contributed by atoms with Crippen molar-refractivity contribution in [1.29, 1.82) is 0 Å². The number of nitrogens with zero attached hydrogens (tertiary/aromatic N) is 1. The predicted molar refractivity (Wildman–Crippen MR) is 132 cm³/mol. The minimum atomic E-state index is -0.795. The van der Waals surface area contributed by atoms with Crippen LogP contribution in [-0.2, 0) is 17.8 Å². The van der Waals surface area contributed by atoms with Crippen LogP contribution in [0.25, 0.3) is 16.0 Å². The van der Waals surface area contributed by atoms with E-state index in [0.29, 0.717) is 13.0 Å². The van der Waals surface area contributed by atoms with Gasteiger partial charge in [0.05, 0.1) is 13.3 Å². The van der Waals surface area contributed by atoms with Crippen molar-refractivity contribution in [3.8, 4) is 21.9 Å². The molecule has 4 rings (SSSR count). The topological polar surface area (TPSA) is 68.7 Å². The number of carbonyl (C=O) groups is 1. The maximum absolute atomic E-state index is 10.9. The number of carboxylic acids is 1. The van der Waals surface area contributed by atoms with Crippen molar-refractivity contribution in [3.05, 3.63) is 70.9 Å². The molecule has 3 aromatic rings. The third-order valence-corrected chi connectivity index (χ3v) is 7.19. The zero-order valence-corrected chi connectivity index (χ0v) is 20.1. The van der Waals surface area contributed by atoms with Crippen LogP contribution in [0.4, 0.5) is 0 Å². The van der Waals surface area contributed by atoms with Crippen LogP contribution in [0.5, 0.6) is 11.5 Å². The van der Waals surface area contributed by atoms with Gasteiger partial charge in [0.25, 0.3) is 0 Å². The number of benzene rings is 1. The molecule has 1 N–H and O–H groups in total. The molecular weight excluding hydrogens is 434 g/mol. The highest BCUT2D eigenvalue weighted by Gasteiger charge is 2.32. The average molecular weight is 464 g/mol. The first-order chi connectivity index (χ1) is 15.9. The Morgan fingerprint density at radius 1 is 1.21 bits per heavy atom. The summed E-state index contributed by atoms with van der Waals surface area (Å²) in [4.78, 5) is 16.4. The van der Waals surface area contributed by atoms with Gasteiger partial charge in [0.15, 0.2) is 0 Å². The molecule has 0 amide bonds. The number of rotatable bonds is 9. The number of hydrogen-bond donors (Lipinski definition) is 1. The molecule has 0 saturated heterocycles. The van der Waals surface area contributed by atoms with Gasteiger partial charge in [-0.3, -0.25) is 9.78 Å². The molecule has 0 bridgehead atoms. The summed E-state index contributed by atoms with van der Waals surface area (Å²) in [6.07, 6.45) is 8.76. The lowest BCUT2D eigenvalue weighted by Gasteiger charge is -2.24. The Kier molecular flexibility index (Phi) is 6.84. The first-order valence-corrected chi connectivity index (χ1v) is 12.0. The second kappa shape index (κ2) is 9.79. The minimum Gasteiger partial charge on any atom is -0.495 e. The zero-order chi connectivity index (χ0) is 23.4. The normalized spacial score (nSPS) is 14.7. The zero-order valence-electron chi connectivity index (χ0n) is 19.3. The van der Waals surface area contributed by atoms with E-state index in [-0.39, 0.29) is 11.8 Å². The molecular formula is C27H29NO4S. The summed E-state index contributed by atoms with van der Waals surface area (Å²) in [6.45, 7) is 5.04. The van der Waals surface area contributed by atoms with Crippen LogP contribution in [0.15, 0.2) is 54.2 Å². The Morgan fingerprint density at radius 3 is 2.79 bits per heavy atom. The molecule has 1 aliphatic carbocycles. The number of methoxy groups -OCH3 is 1. The number of pyridine rings is 1. The largest absolute Gasteiger partial charge is 0.495 e. The van der Waals surface area contributed by atoms with E-state index in [1.54, 1.807) is 24.6 Å². The lowest BCUT2D eigenvalue weighted by atomic mass is 9.80. The van der Waals surface area contributed by atoms with Crippen LogP contribution in [0.1, 0.15) is 49.8 Å². The van der Waals surface area contributed by atoms with Gasteiger partial charge >= 0.3 is 5.97 Å². The number of aryl methyl sites for hydroxylation is 1. The molecule has 0 aliphatic heterocycles. The van der Waals surface area contributed by atoms with Crippen LogP contribution in [0.2, 0.25) is 0 Å². The fraction of sp³-hybridized carbons (Fsp3) is 0.333.